The fourth-order valence-corrected chi connectivity index (χ4v) is 3.53. The second kappa shape index (κ2) is 9.01. The highest BCUT2D eigenvalue weighted by atomic mass is 16.5. The highest BCUT2D eigenvalue weighted by Gasteiger charge is 2.43. The summed E-state index contributed by atoms with van der Waals surface area (Å²) >= 11 is 0. The molecule has 0 aromatic heterocycles. The van der Waals surface area contributed by atoms with Gasteiger partial charge in [0.05, 0.1) is 7.11 Å². The minimum absolute atomic E-state index is 0.125. The lowest BCUT2D eigenvalue weighted by Gasteiger charge is -2.18. The lowest BCUT2D eigenvalue weighted by atomic mass is 10.0. The third-order valence-electron chi connectivity index (χ3n) is 5.53. The van der Waals surface area contributed by atoms with Gasteiger partial charge in [0.15, 0.2) is 0 Å². The topological polar surface area (TPSA) is 62.4 Å². The van der Waals surface area contributed by atoms with E-state index in [0.29, 0.717) is 6.54 Å². The Bertz CT molecular complexity index is 966. The number of carbonyl (C=O) groups is 1. The number of hydrogen-bond acceptors (Lipinski definition) is 3. The van der Waals surface area contributed by atoms with Crippen molar-refractivity contribution in [3.05, 3.63) is 95.6 Å². The number of rotatable bonds is 8. The maximum atomic E-state index is 12.2. The predicted molar refractivity (Wildman–Crippen MR) is 119 cm³/mol. The van der Waals surface area contributed by atoms with Crippen LogP contribution in [0, 0.1) is 0 Å². The molecule has 3 N–H and O–H groups in total. The zero-order valence-corrected chi connectivity index (χ0v) is 17.2. The summed E-state index contributed by atoms with van der Waals surface area (Å²) in [5.41, 5.74) is 4.47. The van der Waals surface area contributed by atoms with Crippen molar-refractivity contribution < 1.29 is 9.53 Å². The third kappa shape index (κ3) is 4.99. The Balaban J connectivity index is 1.24. The lowest BCUT2D eigenvalue weighted by Crippen LogP contribution is -2.28. The van der Waals surface area contributed by atoms with Gasteiger partial charge in [0.2, 0.25) is 0 Å². The second-order valence-corrected chi connectivity index (χ2v) is 7.65. The molecule has 5 heteroatoms. The summed E-state index contributed by atoms with van der Waals surface area (Å²) in [6.07, 6.45) is 2.34. The molecule has 3 aromatic carbocycles. The molecule has 0 bridgehead atoms. The number of urea groups is 1. The molecule has 0 radical (unpaired) electrons. The molecular formula is C25H27N3O2. The molecule has 0 atom stereocenters. The van der Waals surface area contributed by atoms with Crippen LogP contribution in [-0.2, 0) is 18.6 Å². The van der Waals surface area contributed by atoms with Crippen LogP contribution in [0.2, 0.25) is 0 Å². The van der Waals surface area contributed by atoms with Crippen LogP contribution in [0.1, 0.15) is 29.5 Å². The van der Waals surface area contributed by atoms with Crippen LogP contribution in [0.3, 0.4) is 0 Å². The molecule has 1 saturated carbocycles. The number of amides is 2. The van der Waals surface area contributed by atoms with Crippen LogP contribution in [0.25, 0.3) is 0 Å². The fourth-order valence-electron chi connectivity index (χ4n) is 3.53. The summed E-state index contributed by atoms with van der Waals surface area (Å²) in [5.74, 6) is 0.800. The summed E-state index contributed by atoms with van der Waals surface area (Å²) in [7, 11) is 1.63. The van der Waals surface area contributed by atoms with Gasteiger partial charge < -0.3 is 20.7 Å². The number of carbonyl (C=O) groups excluding carboxylic acids is 1. The number of benzene rings is 3. The van der Waals surface area contributed by atoms with Gasteiger partial charge in [0.1, 0.15) is 5.75 Å². The van der Waals surface area contributed by atoms with Crippen LogP contribution in [0.4, 0.5) is 10.5 Å². The van der Waals surface area contributed by atoms with Crippen molar-refractivity contribution >= 4 is 11.7 Å². The van der Waals surface area contributed by atoms with E-state index in [1.165, 1.54) is 24.0 Å². The molecule has 5 nitrogen and oxygen atoms in total. The largest absolute Gasteiger partial charge is 0.497 e. The Labute approximate surface area is 177 Å². The molecular weight excluding hydrogens is 374 g/mol. The SMILES string of the molecule is COc1ccc(CNC(=O)Nc2ccc(CNC3(c4ccccc4)CC3)cc2)cc1. The average molecular weight is 402 g/mol. The van der Waals surface area contributed by atoms with Gasteiger partial charge in [-0.05, 0) is 53.8 Å². The molecule has 1 aliphatic carbocycles. The van der Waals surface area contributed by atoms with Crippen LogP contribution in [-0.4, -0.2) is 13.1 Å². The standard InChI is InChI=1S/C25H27N3O2/c1-30-23-13-9-19(10-14-23)17-26-24(29)28-22-11-7-20(8-12-22)18-27-25(15-16-25)21-5-3-2-4-6-21/h2-14,27H,15-18H2,1H3,(H2,26,28,29). The Morgan fingerprint density at radius 3 is 2.13 bits per heavy atom. The average Bonchev–Trinajstić information content (AvgIpc) is 3.59. The first-order valence-corrected chi connectivity index (χ1v) is 10.2. The fraction of sp³-hybridized carbons (Fsp3) is 0.240. The van der Waals surface area contributed by atoms with E-state index in [0.717, 1.165) is 23.5 Å². The van der Waals surface area contributed by atoms with Crippen molar-refractivity contribution in [1.82, 2.24) is 10.6 Å². The van der Waals surface area contributed by atoms with Crippen LogP contribution in [0.5, 0.6) is 5.75 Å². The Hall–Kier alpha value is -3.31. The predicted octanol–water partition coefficient (Wildman–Crippen LogP) is 4.80. The monoisotopic (exact) mass is 401 g/mol. The summed E-state index contributed by atoms with van der Waals surface area (Å²) in [5, 5.41) is 9.45. The van der Waals surface area contributed by atoms with E-state index in [4.69, 9.17) is 4.74 Å². The molecule has 2 amide bonds. The smallest absolute Gasteiger partial charge is 0.319 e. The first kappa shape index (κ1) is 20.0. The third-order valence-corrected chi connectivity index (χ3v) is 5.53. The molecule has 0 aliphatic heterocycles. The molecule has 154 valence electrons. The van der Waals surface area contributed by atoms with Crippen molar-refractivity contribution in [2.24, 2.45) is 0 Å². The zero-order chi connectivity index (χ0) is 20.8. The number of nitrogens with one attached hydrogen (secondary N) is 3. The molecule has 1 aliphatic rings. The van der Waals surface area contributed by atoms with Gasteiger partial charge in [0.25, 0.3) is 0 Å². The van der Waals surface area contributed by atoms with Gasteiger partial charge in [-0.2, -0.15) is 0 Å². The normalized spacial score (nSPS) is 14.0. The van der Waals surface area contributed by atoms with Gasteiger partial charge in [-0.3, -0.25) is 0 Å². The van der Waals surface area contributed by atoms with Gasteiger partial charge in [-0.25, -0.2) is 4.79 Å². The van der Waals surface area contributed by atoms with E-state index >= 15 is 0 Å². The quantitative estimate of drug-likeness (QED) is 0.508. The van der Waals surface area contributed by atoms with Crippen molar-refractivity contribution in [2.45, 2.75) is 31.5 Å². The van der Waals surface area contributed by atoms with Gasteiger partial charge in [0, 0.05) is 24.3 Å². The number of ether oxygens (including phenoxy) is 1. The van der Waals surface area contributed by atoms with Crippen molar-refractivity contribution in [1.29, 1.82) is 0 Å². The van der Waals surface area contributed by atoms with Crippen LogP contribution >= 0.6 is 0 Å². The Morgan fingerprint density at radius 1 is 0.867 bits per heavy atom. The van der Waals surface area contributed by atoms with E-state index in [1.807, 2.05) is 48.5 Å². The summed E-state index contributed by atoms with van der Waals surface area (Å²) in [4.78, 5) is 12.2. The lowest BCUT2D eigenvalue weighted by molar-refractivity contribution is 0.251. The highest BCUT2D eigenvalue weighted by Crippen LogP contribution is 2.45. The molecule has 0 spiro atoms. The van der Waals surface area contributed by atoms with E-state index < -0.39 is 0 Å². The number of methoxy groups -OCH3 is 1. The minimum Gasteiger partial charge on any atom is -0.497 e. The molecule has 0 saturated heterocycles. The first-order chi connectivity index (χ1) is 14.7. The maximum absolute atomic E-state index is 12.2. The number of anilines is 1. The molecule has 3 aromatic rings. The summed E-state index contributed by atoms with van der Waals surface area (Å²) < 4.78 is 5.14. The van der Waals surface area contributed by atoms with Gasteiger partial charge in [-0.1, -0.05) is 54.6 Å². The molecule has 30 heavy (non-hydrogen) atoms. The Kier molecular flexibility index (Phi) is 6.00. The molecule has 0 heterocycles. The minimum atomic E-state index is -0.224. The Morgan fingerprint density at radius 2 is 1.50 bits per heavy atom. The molecule has 4 rings (SSSR count). The van der Waals surface area contributed by atoms with E-state index in [-0.39, 0.29) is 11.6 Å². The molecule has 0 unspecified atom stereocenters. The second-order valence-electron chi connectivity index (χ2n) is 7.65. The van der Waals surface area contributed by atoms with Crippen molar-refractivity contribution in [3.8, 4) is 5.75 Å². The summed E-state index contributed by atoms with van der Waals surface area (Å²) in [6, 6.07) is 26.0. The van der Waals surface area contributed by atoms with Crippen LogP contribution < -0.4 is 20.7 Å². The van der Waals surface area contributed by atoms with Crippen LogP contribution in [0.15, 0.2) is 78.9 Å². The number of hydrogen-bond donors (Lipinski definition) is 3. The van der Waals surface area contributed by atoms with Crippen molar-refractivity contribution in [3.63, 3.8) is 0 Å². The first-order valence-electron chi connectivity index (χ1n) is 10.2. The molecule has 1 fully saturated rings. The van der Waals surface area contributed by atoms with E-state index in [2.05, 4.69) is 46.3 Å². The van der Waals surface area contributed by atoms with Gasteiger partial charge in [-0.15, -0.1) is 0 Å². The summed E-state index contributed by atoms with van der Waals surface area (Å²) in [6.45, 7) is 1.26. The van der Waals surface area contributed by atoms with E-state index in [1.54, 1.807) is 7.11 Å². The van der Waals surface area contributed by atoms with Crippen molar-refractivity contribution in [2.75, 3.05) is 12.4 Å². The van der Waals surface area contributed by atoms with E-state index in [9.17, 15) is 4.79 Å². The van der Waals surface area contributed by atoms with Gasteiger partial charge >= 0.3 is 6.03 Å². The highest BCUT2D eigenvalue weighted by molar-refractivity contribution is 5.89. The maximum Gasteiger partial charge on any atom is 0.319 e. The zero-order valence-electron chi connectivity index (χ0n) is 17.2.